The smallest absolute Gasteiger partial charge is 0.0730 e. The third-order valence-electron chi connectivity index (χ3n) is 5.49. The Labute approximate surface area is 171 Å². The Balaban J connectivity index is 1.85. The van der Waals surface area contributed by atoms with Gasteiger partial charge in [0, 0.05) is 22.1 Å². The molecule has 0 N–H and O–H groups in total. The lowest BCUT2D eigenvalue weighted by molar-refractivity contribution is 1.23. The summed E-state index contributed by atoms with van der Waals surface area (Å²) in [5.74, 6) is 0. The molecule has 1 heterocycles. The Morgan fingerprint density at radius 1 is 0.552 bits per heavy atom. The molecule has 2 nitrogen and oxygen atoms in total. The second-order valence-corrected chi connectivity index (χ2v) is 7.43. The normalized spacial score (nSPS) is 11.1. The molecule has 4 aromatic carbocycles. The highest BCUT2D eigenvalue weighted by Gasteiger charge is 2.18. The highest BCUT2D eigenvalue weighted by molar-refractivity contribution is 6.03. The molecule has 0 saturated heterocycles. The van der Waals surface area contributed by atoms with E-state index in [1.165, 1.54) is 22.5 Å². The van der Waals surface area contributed by atoms with E-state index in [1.807, 2.05) is 6.07 Å². The average molecular weight is 374 g/mol. The van der Waals surface area contributed by atoms with Gasteiger partial charge in [-0.1, -0.05) is 60.7 Å². The third-order valence-corrected chi connectivity index (χ3v) is 5.49. The van der Waals surface area contributed by atoms with Gasteiger partial charge in [-0.2, -0.15) is 0 Å². The number of benzene rings is 4. The van der Waals surface area contributed by atoms with Gasteiger partial charge in [-0.25, -0.2) is 4.98 Å². The van der Waals surface area contributed by atoms with E-state index < -0.39 is 0 Å². The number of nitrogens with zero attached hydrogens (tertiary/aromatic N) is 2. The summed E-state index contributed by atoms with van der Waals surface area (Å²) in [5, 5.41) is 2.31. The summed E-state index contributed by atoms with van der Waals surface area (Å²) in [5.41, 5.74) is 8.01. The van der Waals surface area contributed by atoms with Crippen molar-refractivity contribution in [2.75, 3.05) is 4.90 Å². The maximum Gasteiger partial charge on any atom is 0.0730 e. The number of fused-ring (bicyclic) bond motifs is 2. The number of aromatic nitrogens is 1. The van der Waals surface area contributed by atoms with Gasteiger partial charge in [0.2, 0.25) is 0 Å². The second kappa shape index (κ2) is 7.06. The third kappa shape index (κ3) is 3.03. The van der Waals surface area contributed by atoms with E-state index in [2.05, 4.69) is 110 Å². The zero-order chi connectivity index (χ0) is 19.8. The highest BCUT2D eigenvalue weighted by atomic mass is 15.1. The van der Waals surface area contributed by atoms with E-state index in [0.29, 0.717) is 0 Å². The fourth-order valence-electron chi connectivity index (χ4n) is 4.00. The van der Waals surface area contributed by atoms with Crippen molar-refractivity contribution in [3.63, 3.8) is 0 Å². The molecule has 5 rings (SSSR count). The first-order chi connectivity index (χ1) is 14.2. The summed E-state index contributed by atoms with van der Waals surface area (Å²) in [6, 6.07) is 34.1. The van der Waals surface area contributed by atoms with Crippen LogP contribution in [0.2, 0.25) is 0 Å². The van der Waals surface area contributed by atoms with Crippen LogP contribution < -0.4 is 4.90 Å². The van der Waals surface area contributed by atoms with Crippen LogP contribution in [0, 0.1) is 13.8 Å². The van der Waals surface area contributed by atoms with Gasteiger partial charge >= 0.3 is 0 Å². The Kier molecular flexibility index (Phi) is 4.25. The predicted octanol–water partition coefficient (Wildman–Crippen LogP) is 7.47. The molecule has 1 aromatic heterocycles. The highest BCUT2D eigenvalue weighted by Crippen LogP contribution is 2.41. The van der Waals surface area contributed by atoms with Gasteiger partial charge in [0.1, 0.15) is 0 Å². The Hall–Kier alpha value is -3.65. The maximum atomic E-state index is 4.93. The summed E-state index contributed by atoms with van der Waals surface area (Å²) in [6.45, 7) is 4.33. The number of rotatable bonds is 3. The van der Waals surface area contributed by atoms with E-state index in [1.54, 1.807) is 0 Å². The largest absolute Gasteiger partial charge is 0.309 e. The van der Waals surface area contributed by atoms with Crippen LogP contribution in [0.3, 0.4) is 0 Å². The Morgan fingerprint density at radius 2 is 1.10 bits per heavy atom. The molecular formula is C27H22N2. The van der Waals surface area contributed by atoms with Crippen molar-refractivity contribution in [1.29, 1.82) is 0 Å². The molecule has 0 aliphatic rings. The summed E-state index contributed by atoms with van der Waals surface area (Å²) < 4.78 is 0. The minimum atomic E-state index is 1.01. The summed E-state index contributed by atoms with van der Waals surface area (Å²) in [4.78, 5) is 7.29. The van der Waals surface area contributed by atoms with Crippen LogP contribution in [-0.4, -0.2) is 4.98 Å². The van der Waals surface area contributed by atoms with Gasteiger partial charge in [0.15, 0.2) is 0 Å². The summed E-state index contributed by atoms with van der Waals surface area (Å²) >= 11 is 0. The quantitative estimate of drug-likeness (QED) is 0.304. The van der Waals surface area contributed by atoms with Gasteiger partial charge in [-0.15, -0.1) is 0 Å². The molecule has 0 aliphatic carbocycles. The molecular weight excluding hydrogens is 352 g/mol. The number of anilines is 3. The maximum absolute atomic E-state index is 4.93. The van der Waals surface area contributed by atoms with E-state index in [4.69, 9.17) is 4.98 Å². The van der Waals surface area contributed by atoms with Crippen molar-refractivity contribution in [3.05, 3.63) is 108 Å². The predicted molar refractivity (Wildman–Crippen MR) is 123 cm³/mol. The molecule has 0 spiro atoms. The lowest BCUT2D eigenvalue weighted by atomic mass is 10.0. The molecule has 0 unspecified atom stereocenters. The number of hydrogen-bond donors (Lipinski definition) is 0. The van der Waals surface area contributed by atoms with Crippen LogP contribution in [-0.2, 0) is 0 Å². The standard InChI is InChI=1S/C27H22N2/c1-19-10-3-7-15-25(19)29(26-16-8-4-11-20(26)2)27-17-9-14-24-22(27)18-21-12-5-6-13-23(21)28-24/h3-18H,1-2H3. The molecule has 0 aliphatic heterocycles. The molecule has 0 fully saturated rings. The van der Waals surface area contributed by atoms with Crippen molar-refractivity contribution in [3.8, 4) is 0 Å². The molecule has 0 bridgehead atoms. The van der Waals surface area contributed by atoms with Crippen LogP contribution in [0.4, 0.5) is 17.1 Å². The zero-order valence-electron chi connectivity index (χ0n) is 16.6. The molecule has 0 radical (unpaired) electrons. The summed E-state index contributed by atoms with van der Waals surface area (Å²) in [6.07, 6.45) is 0. The van der Waals surface area contributed by atoms with Gasteiger partial charge < -0.3 is 4.90 Å². The number of aryl methyl sites for hydroxylation is 2. The minimum absolute atomic E-state index is 1.01. The molecule has 29 heavy (non-hydrogen) atoms. The molecule has 2 heteroatoms. The van der Waals surface area contributed by atoms with Crippen LogP contribution in [0.1, 0.15) is 11.1 Å². The van der Waals surface area contributed by atoms with Crippen molar-refractivity contribution in [1.82, 2.24) is 4.98 Å². The fraction of sp³-hybridized carbons (Fsp3) is 0.0741. The molecule has 0 amide bonds. The van der Waals surface area contributed by atoms with Crippen LogP contribution in [0.15, 0.2) is 97.1 Å². The van der Waals surface area contributed by atoms with Crippen LogP contribution >= 0.6 is 0 Å². The topological polar surface area (TPSA) is 16.1 Å². The van der Waals surface area contributed by atoms with Gasteiger partial charge in [-0.05, 0) is 61.4 Å². The van der Waals surface area contributed by atoms with E-state index >= 15 is 0 Å². The van der Waals surface area contributed by atoms with Crippen molar-refractivity contribution < 1.29 is 0 Å². The van der Waals surface area contributed by atoms with Crippen molar-refractivity contribution >= 4 is 38.9 Å². The first-order valence-corrected chi connectivity index (χ1v) is 9.92. The van der Waals surface area contributed by atoms with Crippen LogP contribution in [0.25, 0.3) is 21.8 Å². The average Bonchev–Trinajstić information content (AvgIpc) is 2.75. The second-order valence-electron chi connectivity index (χ2n) is 7.43. The molecule has 0 atom stereocenters. The van der Waals surface area contributed by atoms with Crippen molar-refractivity contribution in [2.45, 2.75) is 13.8 Å². The molecule has 0 saturated carbocycles. The van der Waals surface area contributed by atoms with Crippen molar-refractivity contribution in [2.24, 2.45) is 0 Å². The zero-order valence-corrected chi connectivity index (χ0v) is 16.6. The van der Waals surface area contributed by atoms with Gasteiger partial charge in [0.25, 0.3) is 0 Å². The Morgan fingerprint density at radius 3 is 1.79 bits per heavy atom. The first-order valence-electron chi connectivity index (χ1n) is 9.92. The van der Waals surface area contributed by atoms with Gasteiger partial charge in [0.05, 0.1) is 16.7 Å². The summed E-state index contributed by atoms with van der Waals surface area (Å²) in [7, 11) is 0. The van der Waals surface area contributed by atoms with E-state index in [0.717, 1.165) is 27.5 Å². The van der Waals surface area contributed by atoms with Gasteiger partial charge in [-0.3, -0.25) is 0 Å². The fourth-order valence-corrected chi connectivity index (χ4v) is 4.00. The lowest BCUT2D eigenvalue weighted by Gasteiger charge is -2.29. The Bertz CT molecular complexity index is 1290. The van der Waals surface area contributed by atoms with Crippen LogP contribution in [0.5, 0.6) is 0 Å². The SMILES string of the molecule is Cc1ccccc1N(c1ccccc1C)c1cccc2nc3ccccc3cc12. The number of pyridine rings is 1. The number of hydrogen-bond acceptors (Lipinski definition) is 2. The van der Waals surface area contributed by atoms with E-state index in [9.17, 15) is 0 Å². The minimum Gasteiger partial charge on any atom is -0.309 e. The molecule has 140 valence electrons. The number of para-hydroxylation sites is 3. The van der Waals surface area contributed by atoms with E-state index in [-0.39, 0.29) is 0 Å². The first kappa shape index (κ1) is 17.4. The molecule has 5 aromatic rings. The monoisotopic (exact) mass is 374 g/mol. The lowest BCUT2D eigenvalue weighted by Crippen LogP contribution is -2.13.